The summed E-state index contributed by atoms with van der Waals surface area (Å²) in [6, 6.07) is 7.29. The average molecular weight is 265 g/mol. The third-order valence-corrected chi connectivity index (χ3v) is 4.47. The highest BCUT2D eigenvalue weighted by atomic mass is 35.5. The van der Waals surface area contributed by atoms with Crippen LogP contribution in [-0.2, 0) is 0 Å². The Morgan fingerprint density at radius 1 is 1.11 bits per heavy atom. The maximum Gasteiger partial charge on any atom is 0.165 e. The monoisotopic (exact) mass is 264 g/mol. The van der Waals surface area contributed by atoms with Crippen LogP contribution in [0.25, 0.3) is 0 Å². The molecule has 98 valence electrons. The van der Waals surface area contributed by atoms with Crippen LogP contribution in [0.2, 0.25) is 5.02 Å². The fourth-order valence-electron chi connectivity index (χ4n) is 2.90. The zero-order valence-electron chi connectivity index (χ0n) is 11.2. The van der Waals surface area contributed by atoms with Crippen LogP contribution < -0.4 is 0 Å². The number of ketones is 1. The Hall–Kier alpha value is -0.820. The predicted molar refractivity (Wildman–Crippen MR) is 76.1 cm³/mol. The van der Waals surface area contributed by atoms with Crippen LogP contribution in [0, 0.1) is 17.8 Å². The van der Waals surface area contributed by atoms with Gasteiger partial charge >= 0.3 is 0 Å². The van der Waals surface area contributed by atoms with Crippen molar-refractivity contribution in [2.24, 2.45) is 17.8 Å². The molecule has 0 heterocycles. The summed E-state index contributed by atoms with van der Waals surface area (Å²) >= 11 is 5.84. The molecule has 1 aromatic rings. The average Bonchev–Trinajstić information content (AvgIpc) is 2.39. The first-order valence-electron chi connectivity index (χ1n) is 6.87. The molecule has 0 saturated heterocycles. The summed E-state index contributed by atoms with van der Waals surface area (Å²) in [5, 5.41) is 0.690. The SMILES string of the molecule is CC(C)C1CCC(C(=O)c2ccc(Cl)cc2)CC1. The molecule has 0 spiro atoms. The number of halogens is 1. The predicted octanol–water partition coefficient (Wildman–Crippen LogP) is 4.99. The van der Waals surface area contributed by atoms with E-state index in [0.29, 0.717) is 10.8 Å². The van der Waals surface area contributed by atoms with E-state index in [-0.39, 0.29) is 5.92 Å². The number of hydrogen-bond donors (Lipinski definition) is 0. The number of benzene rings is 1. The molecule has 0 atom stereocenters. The van der Waals surface area contributed by atoms with Crippen molar-refractivity contribution in [1.29, 1.82) is 0 Å². The number of Topliss-reactive ketones (excluding diaryl/α,β-unsaturated/α-hetero) is 1. The van der Waals surface area contributed by atoms with Crippen molar-refractivity contribution in [2.45, 2.75) is 39.5 Å². The lowest BCUT2D eigenvalue weighted by molar-refractivity contribution is 0.0859. The molecule has 1 nitrogen and oxygen atoms in total. The Labute approximate surface area is 115 Å². The Morgan fingerprint density at radius 3 is 2.17 bits per heavy atom. The second kappa shape index (κ2) is 5.88. The van der Waals surface area contributed by atoms with Crippen molar-refractivity contribution in [1.82, 2.24) is 0 Å². The lowest BCUT2D eigenvalue weighted by atomic mass is 9.75. The van der Waals surface area contributed by atoms with E-state index in [1.54, 1.807) is 12.1 Å². The minimum atomic E-state index is 0.223. The van der Waals surface area contributed by atoms with Crippen LogP contribution in [0.4, 0.5) is 0 Å². The van der Waals surface area contributed by atoms with Crippen molar-refractivity contribution >= 4 is 17.4 Å². The Bertz CT molecular complexity index is 400. The number of hydrogen-bond acceptors (Lipinski definition) is 1. The zero-order valence-corrected chi connectivity index (χ0v) is 11.9. The van der Waals surface area contributed by atoms with Crippen LogP contribution in [-0.4, -0.2) is 5.78 Å². The van der Waals surface area contributed by atoms with Gasteiger partial charge in [0, 0.05) is 16.5 Å². The fraction of sp³-hybridized carbons (Fsp3) is 0.562. The highest BCUT2D eigenvalue weighted by molar-refractivity contribution is 6.30. The van der Waals surface area contributed by atoms with Crippen LogP contribution in [0.1, 0.15) is 49.9 Å². The third kappa shape index (κ3) is 3.14. The van der Waals surface area contributed by atoms with E-state index >= 15 is 0 Å². The Balaban J connectivity index is 1.97. The summed E-state index contributed by atoms with van der Waals surface area (Å²) in [5.41, 5.74) is 0.812. The molecule has 1 aliphatic rings. The molecule has 0 N–H and O–H groups in total. The van der Waals surface area contributed by atoms with Crippen LogP contribution in [0.3, 0.4) is 0 Å². The molecule has 1 saturated carbocycles. The molecule has 2 heteroatoms. The molecule has 1 aromatic carbocycles. The van der Waals surface area contributed by atoms with E-state index in [4.69, 9.17) is 11.6 Å². The summed E-state index contributed by atoms with van der Waals surface area (Å²) in [7, 11) is 0. The molecular formula is C16H21ClO. The molecule has 0 bridgehead atoms. The van der Waals surface area contributed by atoms with E-state index in [1.807, 2.05) is 12.1 Å². The molecule has 0 amide bonds. The molecule has 0 aromatic heterocycles. The van der Waals surface area contributed by atoms with E-state index in [1.165, 1.54) is 12.8 Å². The molecular weight excluding hydrogens is 244 g/mol. The number of rotatable bonds is 3. The van der Waals surface area contributed by atoms with Gasteiger partial charge in [-0.15, -0.1) is 0 Å². The summed E-state index contributed by atoms with van der Waals surface area (Å²) in [5.74, 6) is 2.07. The molecule has 1 aliphatic carbocycles. The highest BCUT2D eigenvalue weighted by Crippen LogP contribution is 2.34. The van der Waals surface area contributed by atoms with Crippen molar-refractivity contribution in [3.63, 3.8) is 0 Å². The molecule has 0 aliphatic heterocycles. The second-order valence-electron chi connectivity index (χ2n) is 5.73. The minimum absolute atomic E-state index is 0.223. The van der Waals surface area contributed by atoms with Gasteiger partial charge < -0.3 is 0 Å². The van der Waals surface area contributed by atoms with E-state index < -0.39 is 0 Å². The Morgan fingerprint density at radius 2 is 1.67 bits per heavy atom. The zero-order chi connectivity index (χ0) is 13.1. The standard InChI is InChI=1S/C16H21ClO/c1-11(2)12-3-5-13(6-4-12)16(18)14-7-9-15(17)10-8-14/h7-13H,3-6H2,1-2H3. The van der Waals surface area contributed by atoms with Crippen molar-refractivity contribution in [2.75, 3.05) is 0 Å². The van der Waals surface area contributed by atoms with Crippen LogP contribution >= 0.6 is 11.6 Å². The molecule has 1 fully saturated rings. The van der Waals surface area contributed by atoms with Crippen molar-refractivity contribution in [3.8, 4) is 0 Å². The maximum atomic E-state index is 12.3. The smallest absolute Gasteiger partial charge is 0.165 e. The summed E-state index contributed by atoms with van der Waals surface area (Å²) in [4.78, 5) is 12.3. The maximum absolute atomic E-state index is 12.3. The highest BCUT2D eigenvalue weighted by Gasteiger charge is 2.28. The molecule has 2 rings (SSSR count). The van der Waals surface area contributed by atoms with Gasteiger partial charge in [0.1, 0.15) is 0 Å². The van der Waals surface area contributed by atoms with E-state index in [9.17, 15) is 4.79 Å². The van der Waals surface area contributed by atoms with Gasteiger partial charge in [0.15, 0.2) is 5.78 Å². The van der Waals surface area contributed by atoms with Crippen LogP contribution in [0.15, 0.2) is 24.3 Å². The van der Waals surface area contributed by atoms with Gasteiger partial charge in [-0.05, 0) is 61.8 Å². The number of carbonyl (C=O) groups is 1. The topological polar surface area (TPSA) is 17.1 Å². The van der Waals surface area contributed by atoms with Gasteiger partial charge in [-0.3, -0.25) is 4.79 Å². The summed E-state index contributed by atoms with van der Waals surface area (Å²) in [6.07, 6.45) is 4.48. The normalized spacial score (nSPS) is 24.2. The first-order chi connectivity index (χ1) is 8.58. The van der Waals surface area contributed by atoms with E-state index in [2.05, 4.69) is 13.8 Å². The van der Waals surface area contributed by atoms with Crippen molar-refractivity contribution in [3.05, 3.63) is 34.9 Å². The molecule has 0 unspecified atom stereocenters. The van der Waals surface area contributed by atoms with Gasteiger partial charge in [0.2, 0.25) is 0 Å². The fourth-order valence-corrected chi connectivity index (χ4v) is 3.02. The lowest BCUT2D eigenvalue weighted by Gasteiger charge is -2.30. The first-order valence-corrected chi connectivity index (χ1v) is 7.25. The van der Waals surface area contributed by atoms with Gasteiger partial charge in [-0.2, -0.15) is 0 Å². The summed E-state index contributed by atoms with van der Waals surface area (Å²) in [6.45, 7) is 4.57. The van der Waals surface area contributed by atoms with E-state index in [0.717, 1.165) is 30.2 Å². The number of carbonyl (C=O) groups excluding carboxylic acids is 1. The van der Waals surface area contributed by atoms with Crippen molar-refractivity contribution < 1.29 is 4.79 Å². The Kier molecular flexibility index (Phi) is 4.45. The van der Waals surface area contributed by atoms with Gasteiger partial charge in [0.05, 0.1) is 0 Å². The minimum Gasteiger partial charge on any atom is -0.294 e. The third-order valence-electron chi connectivity index (χ3n) is 4.21. The van der Waals surface area contributed by atoms with Gasteiger partial charge in [-0.25, -0.2) is 0 Å². The summed E-state index contributed by atoms with van der Waals surface area (Å²) < 4.78 is 0. The quantitative estimate of drug-likeness (QED) is 0.704. The van der Waals surface area contributed by atoms with Gasteiger partial charge in [-0.1, -0.05) is 25.4 Å². The van der Waals surface area contributed by atoms with Crippen LogP contribution in [0.5, 0.6) is 0 Å². The molecule has 18 heavy (non-hydrogen) atoms. The second-order valence-corrected chi connectivity index (χ2v) is 6.16. The first kappa shape index (κ1) is 13.6. The molecule has 0 radical (unpaired) electrons. The lowest BCUT2D eigenvalue weighted by Crippen LogP contribution is -2.24. The largest absolute Gasteiger partial charge is 0.294 e. The van der Waals surface area contributed by atoms with Gasteiger partial charge in [0.25, 0.3) is 0 Å².